The predicted molar refractivity (Wildman–Crippen MR) is 108 cm³/mol. The highest BCUT2D eigenvalue weighted by atomic mass is 32.1. The zero-order valence-electron chi connectivity index (χ0n) is 15.4. The van der Waals surface area contributed by atoms with Crippen molar-refractivity contribution in [2.75, 3.05) is 0 Å². The van der Waals surface area contributed by atoms with E-state index >= 15 is 0 Å². The number of aryl methyl sites for hydroxylation is 1. The van der Waals surface area contributed by atoms with Crippen molar-refractivity contribution in [3.8, 4) is 11.1 Å². The fraction of sp³-hybridized carbons (Fsp3) is 0.211. The number of benzene rings is 1. The highest BCUT2D eigenvalue weighted by molar-refractivity contribution is 7.16. The molecule has 5 rings (SSSR count). The molecule has 0 spiro atoms. The molecule has 0 aliphatic heterocycles. The molecular weight excluding hydrogens is 372 g/mol. The van der Waals surface area contributed by atoms with Gasteiger partial charge in [-0.3, -0.25) is 9.67 Å². The Morgan fingerprint density at radius 1 is 1.14 bits per heavy atom. The van der Waals surface area contributed by atoms with E-state index in [0.717, 1.165) is 43.4 Å². The SMILES string of the molecule is C[C@@H](N)c1nn2c(Cc3ccc4ncc(-c5cnn(C)c5)cc4c3)nnc2s1. The molecule has 0 radical (unpaired) electrons. The summed E-state index contributed by atoms with van der Waals surface area (Å²) in [5.74, 6) is 0.800. The average Bonchev–Trinajstić information content (AvgIpc) is 3.38. The Labute approximate surface area is 164 Å². The van der Waals surface area contributed by atoms with Gasteiger partial charge in [0, 0.05) is 42.4 Å². The number of pyridine rings is 1. The fourth-order valence-corrected chi connectivity index (χ4v) is 3.98. The van der Waals surface area contributed by atoms with Crippen molar-refractivity contribution in [2.45, 2.75) is 19.4 Å². The minimum atomic E-state index is -0.114. The Morgan fingerprint density at radius 2 is 2.04 bits per heavy atom. The van der Waals surface area contributed by atoms with Crippen LogP contribution in [-0.2, 0) is 13.5 Å². The van der Waals surface area contributed by atoms with Gasteiger partial charge in [-0.05, 0) is 30.7 Å². The first-order valence-electron chi connectivity index (χ1n) is 8.91. The molecule has 0 amide bonds. The Hall–Kier alpha value is -3.17. The van der Waals surface area contributed by atoms with Crippen LogP contribution >= 0.6 is 11.3 Å². The quantitative estimate of drug-likeness (QED) is 0.506. The molecule has 1 atom stereocenters. The summed E-state index contributed by atoms with van der Waals surface area (Å²) in [5.41, 5.74) is 10.1. The number of hydrogen-bond acceptors (Lipinski definition) is 7. The van der Waals surface area contributed by atoms with Crippen molar-refractivity contribution in [1.82, 2.24) is 34.6 Å². The first-order chi connectivity index (χ1) is 13.6. The van der Waals surface area contributed by atoms with Crippen molar-refractivity contribution in [2.24, 2.45) is 12.8 Å². The largest absolute Gasteiger partial charge is 0.322 e. The van der Waals surface area contributed by atoms with Gasteiger partial charge >= 0.3 is 0 Å². The molecule has 0 saturated heterocycles. The molecule has 5 aromatic rings. The van der Waals surface area contributed by atoms with Gasteiger partial charge in [0.2, 0.25) is 4.96 Å². The summed E-state index contributed by atoms with van der Waals surface area (Å²) in [6.45, 7) is 1.92. The monoisotopic (exact) mass is 390 g/mol. The highest BCUT2D eigenvalue weighted by Crippen LogP contribution is 2.24. The van der Waals surface area contributed by atoms with Gasteiger partial charge in [-0.25, -0.2) is 0 Å². The Bertz CT molecular complexity index is 1300. The van der Waals surface area contributed by atoms with Crippen molar-refractivity contribution >= 4 is 27.2 Å². The van der Waals surface area contributed by atoms with Gasteiger partial charge in [-0.2, -0.15) is 14.7 Å². The van der Waals surface area contributed by atoms with Crippen LogP contribution in [0.4, 0.5) is 0 Å². The summed E-state index contributed by atoms with van der Waals surface area (Å²) in [7, 11) is 1.91. The fourth-order valence-electron chi connectivity index (χ4n) is 3.17. The first kappa shape index (κ1) is 17.0. The molecule has 9 heteroatoms. The molecule has 4 heterocycles. The van der Waals surface area contributed by atoms with E-state index in [-0.39, 0.29) is 6.04 Å². The third-order valence-corrected chi connectivity index (χ3v) is 5.71. The van der Waals surface area contributed by atoms with Gasteiger partial charge in [0.25, 0.3) is 0 Å². The second kappa shape index (κ2) is 6.47. The third-order valence-electron chi connectivity index (χ3n) is 4.61. The topological polar surface area (TPSA) is 99.8 Å². The van der Waals surface area contributed by atoms with Gasteiger partial charge < -0.3 is 5.73 Å². The molecule has 1 aromatic carbocycles. The van der Waals surface area contributed by atoms with E-state index in [9.17, 15) is 0 Å². The maximum Gasteiger partial charge on any atom is 0.234 e. The molecule has 0 aliphatic carbocycles. The number of nitrogens with zero attached hydrogens (tertiary/aromatic N) is 7. The number of fused-ring (bicyclic) bond motifs is 2. The molecule has 0 bridgehead atoms. The van der Waals surface area contributed by atoms with Gasteiger partial charge in [-0.15, -0.1) is 10.2 Å². The molecule has 8 nitrogen and oxygen atoms in total. The first-order valence-corrected chi connectivity index (χ1v) is 9.73. The van der Waals surface area contributed by atoms with Crippen molar-refractivity contribution in [3.05, 3.63) is 59.3 Å². The van der Waals surface area contributed by atoms with Gasteiger partial charge in [0.1, 0.15) is 5.01 Å². The maximum absolute atomic E-state index is 5.94. The second-order valence-electron chi connectivity index (χ2n) is 6.87. The van der Waals surface area contributed by atoms with Crippen LogP contribution in [0.25, 0.3) is 27.0 Å². The molecular formula is C19H18N8S. The molecule has 28 heavy (non-hydrogen) atoms. The standard InChI is InChI=1S/C19H18N8S/c1-11(20)18-25-27-17(23-24-19(27)28-18)6-12-3-4-16-13(5-12)7-14(8-21-16)15-9-22-26(2)10-15/h3-5,7-11H,6,20H2,1-2H3/t11-/m1/s1. The van der Waals surface area contributed by atoms with Crippen LogP contribution in [0.5, 0.6) is 0 Å². The van der Waals surface area contributed by atoms with Crippen LogP contribution in [0, 0.1) is 0 Å². The zero-order chi connectivity index (χ0) is 19.3. The predicted octanol–water partition coefficient (Wildman–Crippen LogP) is 2.75. The average molecular weight is 390 g/mol. The molecule has 2 N–H and O–H groups in total. The highest BCUT2D eigenvalue weighted by Gasteiger charge is 2.14. The van der Waals surface area contributed by atoms with E-state index in [1.807, 2.05) is 38.6 Å². The normalized spacial score (nSPS) is 12.8. The van der Waals surface area contributed by atoms with E-state index in [1.165, 1.54) is 11.3 Å². The summed E-state index contributed by atoms with van der Waals surface area (Å²) >= 11 is 1.48. The summed E-state index contributed by atoms with van der Waals surface area (Å²) in [6.07, 6.45) is 6.35. The van der Waals surface area contributed by atoms with Crippen LogP contribution in [-0.4, -0.2) is 34.6 Å². The molecule has 140 valence electrons. The number of nitrogens with two attached hydrogens (primary N) is 1. The third kappa shape index (κ3) is 2.94. The minimum absolute atomic E-state index is 0.114. The lowest BCUT2D eigenvalue weighted by molar-refractivity contribution is 0.750. The molecule has 4 aromatic heterocycles. The van der Waals surface area contributed by atoms with Crippen LogP contribution in [0.3, 0.4) is 0 Å². The lowest BCUT2D eigenvalue weighted by atomic mass is 10.0. The Morgan fingerprint density at radius 3 is 2.82 bits per heavy atom. The van der Waals surface area contributed by atoms with Crippen LogP contribution in [0.2, 0.25) is 0 Å². The van der Waals surface area contributed by atoms with E-state index in [1.54, 1.807) is 9.20 Å². The summed E-state index contributed by atoms with van der Waals surface area (Å²) in [4.78, 5) is 5.35. The minimum Gasteiger partial charge on any atom is -0.322 e. The zero-order valence-corrected chi connectivity index (χ0v) is 16.3. The van der Waals surface area contributed by atoms with E-state index < -0.39 is 0 Å². The number of aromatic nitrogens is 7. The Balaban J connectivity index is 1.50. The van der Waals surface area contributed by atoms with E-state index in [2.05, 4.69) is 43.6 Å². The number of hydrogen-bond donors (Lipinski definition) is 1. The van der Waals surface area contributed by atoms with Crippen LogP contribution < -0.4 is 5.73 Å². The molecule has 0 fully saturated rings. The van der Waals surface area contributed by atoms with Crippen molar-refractivity contribution in [3.63, 3.8) is 0 Å². The van der Waals surface area contributed by atoms with Crippen LogP contribution in [0.1, 0.15) is 29.4 Å². The number of rotatable bonds is 4. The molecule has 0 aliphatic rings. The van der Waals surface area contributed by atoms with Crippen LogP contribution in [0.15, 0.2) is 42.9 Å². The summed E-state index contributed by atoms with van der Waals surface area (Å²) < 4.78 is 3.58. The van der Waals surface area contributed by atoms with Gasteiger partial charge in [0.05, 0.1) is 17.8 Å². The maximum atomic E-state index is 5.94. The van der Waals surface area contributed by atoms with Crippen molar-refractivity contribution < 1.29 is 0 Å². The molecule has 0 unspecified atom stereocenters. The second-order valence-corrected chi connectivity index (χ2v) is 7.86. The lowest BCUT2D eigenvalue weighted by Gasteiger charge is -2.04. The summed E-state index contributed by atoms with van der Waals surface area (Å²) in [5, 5.41) is 19.2. The lowest BCUT2D eigenvalue weighted by Crippen LogP contribution is -2.06. The Kier molecular flexibility index (Phi) is 3.92. The van der Waals surface area contributed by atoms with E-state index in [0.29, 0.717) is 6.42 Å². The molecule has 0 saturated carbocycles. The smallest absolute Gasteiger partial charge is 0.234 e. The van der Waals surface area contributed by atoms with Gasteiger partial charge in [0.15, 0.2) is 5.82 Å². The van der Waals surface area contributed by atoms with Crippen molar-refractivity contribution in [1.29, 1.82) is 0 Å². The van der Waals surface area contributed by atoms with Gasteiger partial charge in [-0.1, -0.05) is 17.4 Å². The summed E-state index contributed by atoms with van der Waals surface area (Å²) in [6, 6.07) is 8.27. The van der Waals surface area contributed by atoms with E-state index in [4.69, 9.17) is 5.73 Å².